The van der Waals surface area contributed by atoms with Crippen LogP contribution in [0.5, 0.6) is 11.5 Å². The maximum Gasteiger partial charge on any atom is 2.00 e. The number of hydrogen-bond acceptors (Lipinski definition) is 5. The summed E-state index contributed by atoms with van der Waals surface area (Å²) in [5.74, 6) is 1.85. The first kappa shape index (κ1) is 33.4. The Hall–Kier alpha value is -5.49. The zero-order valence-corrected chi connectivity index (χ0v) is 30.3. The minimum absolute atomic E-state index is 0. The molecule has 7 nitrogen and oxygen atoms in total. The van der Waals surface area contributed by atoms with Gasteiger partial charge in [0.15, 0.2) is 0 Å². The van der Waals surface area contributed by atoms with Gasteiger partial charge in [0.05, 0.1) is 17.3 Å². The molecule has 0 saturated carbocycles. The van der Waals surface area contributed by atoms with Crippen LogP contribution in [0.3, 0.4) is 0 Å². The molecule has 0 aliphatic rings. The van der Waals surface area contributed by atoms with Gasteiger partial charge in [0.1, 0.15) is 18.0 Å². The Bertz CT molecular complexity index is 2440. The van der Waals surface area contributed by atoms with E-state index in [-0.39, 0.29) is 26.5 Å². The van der Waals surface area contributed by atoms with Crippen LogP contribution < -0.4 is 4.74 Å². The second kappa shape index (κ2) is 12.8. The maximum atomic E-state index is 10.0. The van der Waals surface area contributed by atoms with E-state index in [4.69, 9.17) is 9.72 Å². The molecular weight excluding hydrogens is 788 g/mol. The van der Waals surface area contributed by atoms with Crippen LogP contribution in [0, 0.1) is 55.6 Å². The third-order valence-electron chi connectivity index (χ3n) is 9.09. The number of para-hydroxylation sites is 1. The molecule has 8 heteroatoms. The van der Waals surface area contributed by atoms with Crippen LogP contribution in [0.15, 0.2) is 85.3 Å². The molecule has 0 bridgehead atoms. The van der Waals surface area contributed by atoms with Crippen LogP contribution in [-0.4, -0.2) is 19.3 Å². The first-order chi connectivity index (χ1) is 23.1. The maximum absolute atomic E-state index is 10.0. The number of pyridine rings is 1. The average molecular weight is 820 g/mol. The fraction of sp³-hybridized carbons (Fsp3) is 0.171. The Morgan fingerprint density at radius 3 is 2.22 bits per heavy atom. The molecule has 0 saturated heterocycles. The smallest absolute Gasteiger partial charge is 0.509 e. The third-order valence-corrected chi connectivity index (χ3v) is 9.09. The molecular formula is C41H32N6OPt. The molecule has 0 fully saturated rings. The van der Waals surface area contributed by atoms with Crippen LogP contribution in [0.1, 0.15) is 54.2 Å². The topological polar surface area (TPSA) is 92.4 Å². The molecule has 0 radical (unpaired) electrons. The van der Waals surface area contributed by atoms with Crippen LogP contribution in [0.2, 0.25) is 0 Å². The fourth-order valence-corrected chi connectivity index (χ4v) is 6.23. The van der Waals surface area contributed by atoms with E-state index in [9.17, 15) is 10.5 Å². The number of aromatic nitrogens is 4. The summed E-state index contributed by atoms with van der Waals surface area (Å²) in [7, 11) is 0. The van der Waals surface area contributed by atoms with Gasteiger partial charge in [-0.25, -0.2) is 4.98 Å². The van der Waals surface area contributed by atoms with Crippen molar-refractivity contribution in [1.29, 1.82) is 10.5 Å². The number of ether oxygens (including phenoxy) is 1. The van der Waals surface area contributed by atoms with Crippen LogP contribution >= 0.6 is 0 Å². The Labute approximate surface area is 300 Å². The number of nitrogens with zero attached hydrogens (tertiary/aromatic N) is 6. The molecule has 3 aromatic heterocycles. The molecule has 4 aromatic carbocycles. The molecule has 0 aliphatic heterocycles. The molecule has 0 atom stereocenters. The van der Waals surface area contributed by atoms with Crippen molar-refractivity contribution in [1.82, 2.24) is 19.3 Å². The van der Waals surface area contributed by atoms with E-state index in [0.717, 1.165) is 44.3 Å². The summed E-state index contributed by atoms with van der Waals surface area (Å²) >= 11 is 0. The van der Waals surface area contributed by atoms with Crippen molar-refractivity contribution in [2.45, 2.75) is 47.0 Å². The predicted molar refractivity (Wildman–Crippen MR) is 188 cm³/mol. The van der Waals surface area contributed by atoms with Gasteiger partial charge in [-0.2, -0.15) is 27.8 Å². The standard InChI is InChI=1S/C41H32N6O.Pt/c1-25-26(2)35(21-42)40(36(22-43)27(25)3)28-23-45-46(24-28)30-10-9-11-31(19-30)48-32-14-15-34-33-12-7-8-13-37(33)47(38(34)20-32)39-18-29(16-17-44-39)41(4,5)6;/h7-18,23-24H,1-6H3;/q-2;+2. The molecule has 0 spiro atoms. The largest absolute Gasteiger partial charge is 2.00 e. The molecule has 49 heavy (non-hydrogen) atoms. The summed E-state index contributed by atoms with van der Waals surface area (Å²) in [5, 5.41) is 26.8. The molecule has 0 N–H and O–H groups in total. The van der Waals surface area contributed by atoms with E-state index in [0.29, 0.717) is 39.4 Å². The minimum Gasteiger partial charge on any atom is -0.509 e. The Kier molecular flexibility index (Phi) is 8.76. The normalized spacial score (nSPS) is 11.3. The van der Waals surface area contributed by atoms with E-state index >= 15 is 0 Å². The SMILES string of the molecule is Cc1c(C)c(C#N)c(-c2cnn(-c3[c-]c(Oc4[c-]c5c(cc4)c4ccccc4n5-c4cc(C(C)(C)C)ccn4)ccc3)c2)c(C#N)c1C.[Pt+2]. The molecule has 3 heterocycles. The van der Waals surface area contributed by atoms with Gasteiger partial charge in [0.25, 0.3) is 0 Å². The van der Waals surface area contributed by atoms with Crippen molar-refractivity contribution in [3.63, 3.8) is 0 Å². The Balaban J connectivity index is 0.00000417. The minimum atomic E-state index is -0.0291. The van der Waals surface area contributed by atoms with Crippen LogP contribution in [0.25, 0.3) is 44.4 Å². The van der Waals surface area contributed by atoms with Crippen molar-refractivity contribution in [2.24, 2.45) is 0 Å². The van der Waals surface area contributed by atoms with E-state index in [2.05, 4.69) is 85.0 Å². The van der Waals surface area contributed by atoms with Crippen molar-refractivity contribution < 1.29 is 25.8 Å². The zero-order chi connectivity index (χ0) is 33.7. The Morgan fingerprint density at radius 1 is 0.796 bits per heavy atom. The van der Waals surface area contributed by atoms with Crippen molar-refractivity contribution in [2.75, 3.05) is 0 Å². The molecule has 7 aromatic rings. The van der Waals surface area contributed by atoms with Gasteiger partial charge in [0, 0.05) is 40.5 Å². The first-order valence-corrected chi connectivity index (χ1v) is 15.7. The number of nitriles is 2. The number of benzene rings is 4. The van der Waals surface area contributed by atoms with Gasteiger partial charge in [-0.15, -0.1) is 35.7 Å². The van der Waals surface area contributed by atoms with Gasteiger partial charge in [-0.05, 0) is 77.7 Å². The molecule has 0 unspecified atom stereocenters. The van der Waals surface area contributed by atoms with Crippen molar-refractivity contribution >= 4 is 21.8 Å². The molecule has 0 aliphatic carbocycles. The molecule has 0 amide bonds. The van der Waals surface area contributed by atoms with Crippen LogP contribution in [-0.2, 0) is 26.5 Å². The summed E-state index contributed by atoms with van der Waals surface area (Å²) in [4.78, 5) is 4.76. The molecule has 7 rings (SSSR count). The average Bonchev–Trinajstić information content (AvgIpc) is 3.70. The summed E-state index contributed by atoms with van der Waals surface area (Å²) in [6.07, 6.45) is 5.35. The summed E-state index contributed by atoms with van der Waals surface area (Å²) in [6, 6.07) is 33.5. The van der Waals surface area contributed by atoms with Crippen molar-refractivity contribution in [3.05, 3.63) is 131 Å². The second-order valence-electron chi connectivity index (χ2n) is 13.0. The monoisotopic (exact) mass is 819 g/mol. The van der Waals surface area contributed by atoms with Gasteiger partial charge < -0.3 is 9.30 Å². The third kappa shape index (κ3) is 5.82. The summed E-state index contributed by atoms with van der Waals surface area (Å²) in [5.41, 5.74) is 8.65. The van der Waals surface area contributed by atoms with E-state index in [1.807, 2.05) is 69.6 Å². The van der Waals surface area contributed by atoms with Crippen LogP contribution in [0.4, 0.5) is 0 Å². The van der Waals surface area contributed by atoms with Gasteiger partial charge >= 0.3 is 21.1 Å². The van der Waals surface area contributed by atoms with Gasteiger partial charge in [0.2, 0.25) is 0 Å². The van der Waals surface area contributed by atoms with E-state index in [1.54, 1.807) is 10.9 Å². The summed E-state index contributed by atoms with van der Waals surface area (Å²) in [6.45, 7) is 12.4. The van der Waals surface area contributed by atoms with Gasteiger partial charge in [-0.3, -0.25) is 4.68 Å². The molecule has 242 valence electrons. The Morgan fingerprint density at radius 2 is 1.51 bits per heavy atom. The van der Waals surface area contributed by atoms with E-state index in [1.165, 1.54) is 5.56 Å². The second-order valence-corrected chi connectivity index (χ2v) is 13.0. The first-order valence-electron chi connectivity index (χ1n) is 15.7. The zero-order valence-electron chi connectivity index (χ0n) is 28.0. The number of hydrogen-bond donors (Lipinski definition) is 0. The summed E-state index contributed by atoms with van der Waals surface area (Å²) < 4.78 is 10.2. The quantitative estimate of drug-likeness (QED) is 0.162. The number of rotatable bonds is 5. The number of fused-ring (bicyclic) bond motifs is 3. The van der Waals surface area contributed by atoms with Gasteiger partial charge in [-0.1, -0.05) is 44.5 Å². The predicted octanol–water partition coefficient (Wildman–Crippen LogP) is 9.39. The van der Waals surface area contributed by atoms with Crippen molar-refractivity contribution in [3.8, 4) is 46.3 Å². The van der Waals surface area contributed by atoms with E-state index < -0.39 is 0 Å². The fourth-order valence-electron chi connectivity index (χ4n) is 6.23.